The fraction of sp³-hybridized carbons (Fsp3) is 0.217. The Kier molecular flexibility index (Phi) is 5.62. The van der Waals surface area contributed by atoms with Crippen LogP contribution in [0.25, 0.3) is 22.2 Å². The average molecular weight is 418 g/mol. The Labute approximate surface area is 178 Å². The number of para-hydroxylation sites is 2. The molecule has 0 fully saturated rings. The topological polar surface area (TPSA) is 98.2 Å². The zero-order valence-electron chi connectivity index (χ0n) is 17.3. The number of rotatable bonds is 6. The van der Waals surface area contributed by atoms with Gasteiger partial charge in [-0.1, -0.05) is 38.1 Å². The number of nitrogens with two attached hydrogens (primary N) is 1. The summed E-state index contributed by atoms with van der Waals surface area (Å²) in [6.07, 6.45) is 2.38. The summed E-state index contributed by atoms with van der Waals surface area (Å²) in [6.45, 7) is 4.71. The van der Waals surface area contributed by atoms with Gasteiger partial charge in [0.2, 0.25) is 0 Å². The first-order valence-electron chi connectivity index (χ1n) is 10.1. The van der Waals surface area contributed by atoms with Gasteiger partial charge in [0.15, 0.2) is 5.65 Å². The molecule has 0 aliphatic rings. The lowest BCUT2D eigenvalue weighted by molar-refractivity contribution is 0.0954. The number of aromatic nitrogens is 3. The van der Waals surface area contributed by atoms with Crippen LogP contribution in [-0.2, 0) is 0 Å². The van der Waals surface area contributed by atoms with Crippen LogP contribution in [0.5, 0.6) is 0 Å². The highest BCUT2D eigenvalue weighted by Gasteiger charge is 2.23. The van der Waals surface area contributed by atoms with E-state index >= 15 is 0 Å². The summed E-state index contributed by atoms with van der Waals surface area (Å²) in [4.78, 5) is 22.2. The van der Waals surface area contributed by atoms with Crippen molar-refractivity contribution >= 4 is 40.1 Å². The van der Waals surface area contributed by atoms with Crippen LogP contribution in [0.4, 0.5) is 10.2 Å². The van der Waals surface area contributed by atoms with Crippen molar-refractivity contribution < 1.29 is 9.18 Å². The van der Waals surface area contributed by atoms with Crippen LogP contribution in [0.2, 0.25) is 0 Å². The third kappa shape index (κ3) is 4.23. The predicted molar refractivity (Wildman–Crippen MR) is 121 cm³/mol. The van der Waals surface area contributed by atoms with E-state index in [9.17, 15) is 9.18 Å². The van der Waals surface area contributed by atoms with E-state index in [0.717, 1.165) is 6.42 Å². The second-order valence-electron chi connectivity index (χ2n) is 7.69. The van der Waals surface area contributed by atoms with Gasteiger partial charge in [-0.05, 0) is 42.2 Å². The van der Waals surface area contributed by atoms with Crippen molar-refractivity contribution in [2.75, 3.05) is 12.3 Å². The van der Waals surface area contributed by atoms with E-state index in [4.69, 9.17) is 5.73 Å². The lowest BCUT2D eigenvalue weighted by atomic mass is 10.1. The highest BCUT2D eigenvalue weighted by atomic mass is 19.1. The highest BCUT2D eigenvalue weighted by molar-refractivity contribution is 6.10. The number of carbonyl (C=O) groups excluding carboxylic acids is 1. The number of nitrogens with one attached hydrogen (secondary N) is 1. The first-order valence-corrected chi connectivity index (χ1v) is 10.1. The minimum atomic E-state index is -0.333. The van der Waals surface area contributed by atoms with E-state index in [0.29, 0.717) is 40.2 Å². The van der Waals surface area contributed by atoms with Gasteiger partial charge in [-0.3, -0.25) is 4.79 Å². The van der Waals surface area contributed by atoms with Crippen LogP contribution in [-0.4, -0.2) is 33.3 Å². The molecule has 3 N–H and O–H groups in total. The molecule has 0 aliphatic heterocycles. The minimum absolute atomic E-state index is 0.144. The number of amides is 1. The van der Waals surface area contributed by atoms with Crippen LogP contribution in [0.1, 0.15) is 36.2 Å². The molecule has 31 heavy (non-hydrogen) atoms. The number of hydrogen-bond acceptors (Lipinski definition) is 5. The van der Waals surface area contributed by atoms with Crippen molar-refractivity contribution in [1.82, 2.24) is 20.0 Å². The van der Waals surface area contributed by atoms with Crippen LogP contribution in [0, 0.1) is 11.7 Å². The summed E-state index contributed by atoms with van der Waals surface area (Å²) in [7, 11) is 0. The smallest absolute Gasteiger partial charge is 0.257 e. The molecule has 0 saturated carbocycles. The standard InChI is InChI=1S/C23H23FN6O/c1-14(2)11-12-26-23(31)19-20-22(29-18-6-4-3-5-17(18)28-20)30(21(19)25)27-13-15-7-9-16(24)10-8-15/h3-10,13-14H,11-12,25H2,1-2H3,(H,26,31)/b27-13-. The average Bonchev–Trinajstić information content (AvgIpc) is 3.01. The van der Waals surface area contributed by atoms with Gasteiger partial charge < -0.3 is 11.1 Å². The fourth-order valence-electron chi connectivity index (χ4n) is 3.22. The van der Waals surface area contributed by atoms with Crippen molar-refractivity contribution in [3.8, 4) is 0 Å². The van der Waals surface area contributed by atoms with Gasteiger partial charge in [0.1, 0.15) is 22.7 Å². The Morgan fingerprint density at radius 3 is 2.52 bits per heavy atom. The number of benzene rings is 2. The number of carbonyl (C=O) groups is 1. The molecule has 158 valence electrons. The SMILES string of the molecule is CC(C)CCNC(=O)c1c(N)n(/N=C\c2ccc(F)cc2)c2nc3ccccc3nc12. The van der Waals surface area contributed by atoms with Gasteiger partial charge in [-0.25, -0.2) is 14.4 Å². The molecule has 2 heterocycles. The number of hydrogen-bond donors (Lipinski definition) is 2. The Morgan fingerprint density at radius 1 is 1.16 bits per heavy atom. The van der Waals surface area contributed by atoms with Crippen LogP contribution in [0.15, 0.2) is 53.6 Å². The Hall–Kier alpha value is -3.81. The first-order chi connectivity index (χ1) is 14.9. The lowest BCUT2D eigenvalue weighted by Gasteiger charge is -2.07. The van der Waals surface area contributed by atoms with Gasteiger partial charge in [0.25, 0.3) is 5.91 Å². The zero-order valence-corrected chi connectivity index (χ0v) is 17.3. The normalized spacial score (nSPS) is 11.7. The van der Waals surface area contributed by atoms with Crippen molar-refractivity contribution in [3.63, 3.8) is 0 Å². The predicted octanol–water partition coefficient (Wildman–Crippen LogP) is 3.96. The Bertz CT molecular complexity index is 1280. The number of nitrogen functional groups attached to an aromatic ring is 1. The fourth-order valence-corrected chi connectivity index (χ4v) is 3.22. The summed E-state index contributed by atoms with van der Waals surface area (Å²) >= 11 is 0. The van der Waals surface area contributed by atoms with Crippen LogP contribution < -0.4 is 11.1 Å². The molecule has 4 rings (SSSR count). The molecule has 0 unspecified atom stereocenters. The molecule has 2 aromatic carbocycles. The lowest BCUT2D eigenvalue weighted by Crippen LogP contribution is -2.26. The molecule has 4 aromatic rings. The number of nitrogens with zero attached hydrogens (tertiary/aromatic N) is 4. The Morgan fingerprint density at radius 2 is 1.84 bits per heavy atom. The van der Waals surface area contributed by atoms with E-state index in [-0.39, 0.29) is 23.1 Å². The third-order valence-electron chi connectivity index (χ3n) is 4.90. The summed E-state index contributed by atoms with van der Waals surface area (Å²) in [5.41, 5.74) is 9.36. The summed E-state index contributed by atoms with van der Waals surface area (Å²) in [5, 5.41) is 7.33. The second-order valence-corrected chi connectivity index (χ2v) is 7.69. The number of fused-ring (bicyclic) bond motifs is 2. The molecule has 2 aromatic heterocycles. The molecule has 0 saturated heterocycles. The van der Waals surface area contributed by atoms with Crippen molar-refractivity contribution in [2.45, 2.75) is 20.3 Å². The Balaban J connectivity index is 1.82. The monoisotopic (exact) mass is 418 g/mol. The largest absolute Gasteiger partial charge is 0.383 e. The van der Waals surface area contributed by atoms with Crippen LogP contribution >= 0.6 is 0 Å². The zero-order chi connectivity index (χ0) is 22.0. The number of halogens is 1. The molecule has 0 bridgehead atoms. The summed E-state index contributed by atoms with van der Waals surface area (Å²) in [6, 6.07) is 13.3. The van der Waals surface area contributed by atoms with Gasteiger partial charge in [-0.2, -0.15) is 9.78 Å². The maximum absolute atomic E-state index is 13.2. The van der Waals surface area contributed by atoms with E-state index in [2.05, 4.69) is 34.2 Å². The number of anilines is 1. The first kappa shape index (κ1) is 20.5. The van der Waals surface area contributed by atoms with E-state index in [1.807, 2.05) is 24.3 Å². The minimum Gasteiger partial charge on any atom is -0.383 e. The molecule has 8 heteroatoms. The van der Waals surface area contributed by atoms with Crippen molar-refractivity contribution in [3.05, 3.63) is 65.5 Å². The maximum atomic E-state index is 13.2. The van der Waals surface area contributed by atoms with Gasteiger partial charge >= 0.3 is 0 Å². The molecule has 0 radical (unpaired) electrons. The van der Waals surface area contributed by atoms with Gasteiger partial charge in [-0.15, -0.1) is 0 Å². The molecular formula is C23H23FN6O. The molecule has 0 aliphatic carbocycles. The molecular weight excluding hydrogens is 395 g/mol. The van der Waals surface area contributed by atoms with E-state index in [1.165, 1.54) is 23.0 Å². The van der Waals surface area contributed by atoms with Crippen LogP contribution in [0.3, 0.4) is 0 Å². The van der Waals surface area contributed by atoms with E-state index in [1.54, 1.807) is 12.1 Å². The molecule has 1 amide bonds. The maximum Gasteiger partial charge on any atom is 0.257 e. The molecule has 0 atom stereocenters. The van der Waals surface area contributed by atoms with Gasteiger partial charge in [0.05, 0.1) is 17.2 Å². The summed E-state index contributed by atoms with van der Waals surface area (Å²) in [5.74, 6) is -0.0435. The van der Waals surface area contributed by atoms with E-state index < -0.39 is 0 Å². The highest BCUT2D eigenvalue weighted by Crippen LogP contribution is 2.27. The molecule has 7 nitrogen and oxygen atoms in total. The van der Waals surface area contributed by atoms with Crippen molar-refractivity contribution in [1.29, 1.82) is 0 Å². The van der Waals surface area contributed by atoms with Gasteiger partial charge in [0, 0.05) is 6.54 Å². The quantitative estimate of drug-likeness (QED) is 0.463. The summed E-state index contributed by atoms with van der Waals surface area (Å²) < 4.78 is 14.6. The second kappa shape index (κ2) is 8.51. The third-order valence-corrected chi connectivity index (χ3v) is 4.90. The molecule has 0 spiro atoms. The van der Waals surface area contributed by atoms with Crippen molar-refractivity contribution in [2.24, 2.45) is 11.0 Å².